The highest BCUT2D eigenvalue weighted by molar-refractivity contribution is 7.98. The van der Waals surface area contributed by atoms with Crippen LogP contribution in [0, 0.1) is 0 Å². The topological polar surface area (TPSA) is 81.5 Å². The number of hydrogen-bond donors (Lipinski definition) is 0. The largest absolute Gasteiger partial charge is 0.376 e. The molecule has 3 aromatic rings. The molecule has 2 heterocycles. The Morgan fingerprint density at radius 1 is 1.25 bits per heavy atom. The van der Waals surface area contributed by atoms with E-state index in [1.165, 1.54) is 30.2 Å². The maximum Gasteiger partial charge on any atom is 0.262 e. The van der Waals surface area contributed by atoms with Gasteiger partial charge in [-0.3, -0.25) is 9.36 Å². The predicted octanol–water partition coefficient (Wildman–Crippen LogP) is 3.77. The fourth-order valence-electron chi connectivity index (χ4n) is 3.59. The van der Waals surface area contributed by atoms with Gasteiger partial charge in [0, 0.05) is 31.5 Å². The van der Waals surface area contributed by atoms with Gasteiger partial charge in [-0.2, -0.15) is 0 Å². The molecule has 32 heavy (non-hydrogen) atoms. The minimum Gasteiger partial charge on any atom is -0.376 e. The number of hydrogen-bond acceptors (Lipinski definition) is 6. The Bertz CT molecular complexity index is 1300. The maximum absolute atomic E-state index is 13.2. The van der Waals surface area contributed by atoms with Crippen LogP contribution in [-0.2, 0) is 27.1 Å². The van der Waals surface area contributed by atoms with Crippen LogP contribution in [0.2, 0.25) is 5.02 Å². The number of aromatic nitrogens is 2. The first-order chi connectivity index (χ1) is 15.3. The molecule has 4 rings (SSSR count). The third kappa shape index (κ3) is 4.87. The zero-order chi connectivity index (χ0) is 22.9. The van der Waals surface area contributed by atoms with Crippen molar-refractivity contribution in [3.63, 3.8) is 0 Å². The highest BCUT2D eigenvalue weighted by atomic mass is 35.5. The quantitative estimate of drug-likeness (QED) is 0.368. The van der Waals surface area contributed by atoms with Crippen molar-refractivity contribution in [3.05, 3.63) is 63.4 Å². The molecule has 1 saturated heterocycles. The third-order valence-corrected chi connectivity index (χ3v) is 8.43. The Kier molecular flexibility index (Phi) is 6.92. The van der Waals surface area contributed by atoms with E-state index in [9.17, 15) is 13.2 Å². The van der Waals surface area contributed by atoms with E-state index in [-0.39, 0.29) is 16.6 Å². The van der Waals surface area contributed by atoms with Gasteiger partial charge in [0.05, 0.1) is 28.4 Å². The van der Waals surface area contributed by atoms with Crippen molar-refractivity contribution >= 4 is 44.3 Å². The van der Waals surface area contributed by atoms with Crippen molar-refractivity contribution in [1.29, 1.82) is 0 Å². The molecule has 0 radical (unpaired) electrons. The number of rotatable bonds is 7. The number of sulfonamides is 1. The van der Waals surface area contributed by atoms with Crippen LogP contribution in [0.3, 0.4) is 0 Å². The van der Waals surface area contributed by atoms with E-state index in [1.54, 1.807) is 41.0 Å². The molecule has 0 bridgehead atoms. The van der Waals surface area contributed by atoms with E-state index in [4.69, 9.17) is 21.3 Å². The summed E-state index contributed by atoms with van der Waals surface area (Å²) in [6, 6.07) is 11.9. The second-order valence-electron chi connectivity index (χ2n) is 7.83. The van der Waals surface area contributed by atoms with Crippen LogP contribution in [0.15, 0.2) is 57.3 Å². The molecule has 7 nitrogen and oxygen atoms in total. The van der Waals surface area contributed by atoms with Gasteiger partial charge >= 0.3 is 0 Å². The van der Waals surface area contributed by atoms with Gasteiger partial charge in [-0.1, -0.05) is 35.5 Å². The first-order valence-electron chi connectivity index (χ1n) is 10.2. The average Bonchev–Trinajstić information content (AvgIpc) is 3.27. The fourth-order valence-corrected chi connectivity index (χ4v) is 5.68. The summed E-state index contributed by atoms with van der Waals surface area (Å²) in [6.07, 6.45) is 1.86. The molecule has 1 aromatic heterocycles. The number of ether oxygens (including phenoxy) is 1. The predicted molar refractivity (Wildman–Crippen MR) is 127 cm³/mol. The van der Waals surface area contributed by atoms with E-state index in [0.717, 1.165) is 18.4 Å². The molecular weight excluding hydrogens is 470 g/mol. The van der Waals surface area contributed by atoms with Crippen molar-refractivity contribution in [1.82, 2.24) is 13.9 Å². The van der Waals surface area contributed by atoms with Gasteiger partial charge in [-0.25, -0.2) is 17.7 Å². The van der Waals surface area contributed by atoms with Gasteiger partial charge < -0.3 is 4.74 Å². The molecule has 1 atom stereocenters. The number of benzene rings is 2. The summed E-state index contributed by atoms with van der Waals surface area (Å²) in [5, 5.41) is 1.58. The zero-order valence-corrected chi connectivity index (χ0v) is 20.2. The third-order valence-electron chi connectivity index (χ3n) is 5.34. The van der Waals surface area contributed by atoms with Gasteiger partial charge in [0.15, 0.2) is 5.16 Å². The van der Waals surface area contributed by atoms with Crippen LogP contribution in [0.4, 0.5) is 0 Å². The van der Waals surface area contributed by atoms with Crippen LogP contribution in [0.5, 0.6) is 0 Å². The molecule has 0 spiro atoms. The molecule has 0 unspecified atom stereocenters. The number of halogens is 1. The summed E-state index contributed by atoms with van der Waals surface area (Å²) in [5.74, 6) is 0.459. The Hall–Kier alpha value is -1.91. The summed E-state index contributed by atoms with van der Waals surface area (Å²) >= 11 is 7.51. The summed E-state index contributed by atoms with van der Waals surface area (Å²) in [6.45, 7) is 1.13. The Balaban J connectivity index is 1.68. The van der Waals surface area contributed by atoms with Gasteiger partial charge in [0.2, 0.25) is 10.0 Å². The number of fused-ring (bicyclic) bond motifs is 1. The van der Waals surface area contributed by atoms with Crippen molar-refractivity contribution in [2.75, 3.05) is 20.7 Å². The zero-order valence-electron chi connectivity index (χ0n) is 17.8. The van der Waals surface area contributed by atoms with E-state index in [0.29, 0.717) is 40.0 Å². The highest BCUT2D eigenvalue weighted by Gasteiger charge is 2.21. The Morgan fingerprint density at radius 3 is 2.78 bits per heavy atom. The Morgan fingerprint density at radius 2 is 2.06 bits per heavy atom. The van der Waals surface area contributed by atoms with Crippen LogP contribution in [-0.4, -0.2) is 49.1 Å². The minimum atomic E-state index is -3.52. The highest BCUT2D eigenvalue weighted by Crippen LogP contribution is 2.26. The molecular formula is C22H24ClN3O4S2. The first-order valence-corrected chi connectivity index (χ1v) is 13.0. The molecule has 0 N–H and O–H groups in total. The fraction of sp³-hybridized carbons (Fsp3) is 0.364. The summed E-state index contributed by atoms with van der Waals surface area (Å²) in [5.41, 5.74) is 1.23. The van der Waals surface area contributed by atoms with E-state index >= 15 is 0 Å². The normalized spacial score (nSPS) is 16.8. The minimum absolute atomic E-state index is 0.0211. The summed E-state index contributed by atoms with van der Waals surface area (Å²) in [7, 11) is -0.515. The lowest BCUT2D eigenvalue weighted by atomic mass is 10.2. The molecule has 2 aromatic carbocycles. The maximum atomic E-state index is 13.2. The molecule has 0 aliphatic carbocycles. The van der Waals surface area contributed by atoms with Crippen LogP contribution in [0.25, 0.3) is 10.9 Å². The average molecular weight is 494 g/mol. The Labute approximate surface area is 196 Å². The lowest BCUT2D eigenvalue weighted by Gasteiger charge is -2.17. The monoisotopic (exact) mass is 493 g/mol. The van der Waals surface area contributed by atoms with Crippen LogP contribution < -0.4 is 5.56 Å². The summed E-state index contributed by atoms with van der Waals surface area (Å²) in [4.78, 5) is 18.2. The molecule has 1 aliphatic rings. The van der Waals surface area contributed by atoms with Gasteiger partial charge in [0.1, 0.15) is 0 Å². The lowest BCUT2D eigenvalue weighted by molar-refractivity contribution is 0.0937. The molecule has 1 aliphatic heterocycles. The van der Waals surface area contributed by atoms with Crippen molar-refractivity contribution in [2.45, 2.75) is 41.3 Å². The molecule has 1 fully saturated rings. The SMILES string of the molecule is CN(C)S(=O)(=O)c1cccc(CSc2nc3cc(Cl)ccc3c(=O)n2C[C@@H]2CCCO2)c1. The van der Waals surface area contributed by atoms with Crippen molar-refractivity contribution in [2.24, 2.45) is 0 Å². The van der Waals surface area contributed by atoms with E-state index in [1.807, 2.05) is 6.07 Å². The molecule has 170 valence electrons. The van der Waals surface area contributed by atoms with E-state index < -0.39 is 10.0 Å². The van der Waals surface area contributed by atoms with Gasteiger partial charge in [-0.05, 0) is 48.7 Å². The van der Waals surface area contributed by atoms with Gasteiger partial charge in [-0.15, -0.1) is 0 Å². The van der Waals surface area contributed by atoms with Crippen LogP contribution >= 0.6 is 23.4 Å². The standard InChI is InChI=1S/C22H24ClN3O4S2/c1-25(2)32(28,29)18-7-3-5-15(11-18)14-31-22-24-20-12-16(23)8-9-19(20)21(27)26(22)13-17-6-4-10-30-17/h3,5,7-9,11-12,17H,4,6,10,13-14H2,1-2H3/t17-/m0/s1. The van der Waals surface area contributed by atoms with Gasteiger partial charge in [0.25, 0.3) is 5.56 Å². The molecule has 0 amide bonds. The number of nitrogens with zero attached hydrogens (tertiary/aromatic N) is 3. The number of thioether (sulfide) groups is 1. The second kappa shape index (κ2) is 9.52. The van der Waals surface area contributed by atoms with E-state index in [2.05, 4.69) is 0 Å². The van der Waals surface area contributed by atoms with Crippen LogP contribution in [0.1, 0.15) is 18.4 Å². The smallest absolute Gasteiger partial charge is 0.262 e. The first kappa shape index (κ1) is 23.3. The van der Waals surface area contributed by atoms with Crippen molar-refractivity contribution < 1.29 is 13.2 Å². The second-order valence-corrected chi connectivity index (χ2v) is 11.4. The molecule has 10 heteroatoms. The molecule has 0 saturated carbocycles. The lowest BCUT2D eigenvalue weighted by Crippen LogP contribution is -2.28. The van der Waals surface area contributed by atoms with Crippen molar-refractivity contribution in [3.8, 4) is 0 Å². The summed E-state index contributed by atoms with van der Waals surface area (Å²) < 4.78 is 33.5.